The molecule has 10 nitrogen and oxygen atoms in total. The third-order valence-electron chi connectivity index (χ3n) is 7.09. The SMILES string of the molecule is CC[C@@H](C)NC(=O)[C@@H](Cc1ccccc1)N(Cc1cccc(OC)c1)C(=O)CN(c1ccc(OC)c(OC)c1)S(C)(=O)=O. The van der Waals surface area contributed by atoms with Gasteiger partial charge in [-0.05, 0) is 48.7 Å². The van der Waals surface area contributed by atoms with Crippen LogP contribution in [0.1, 0.15) is 31.4 Å². The maximum absolute atomic E-state index is 14.3. The van der Waals surface area contributed by atoms with Crippen molar-refractivity contribution in [3.05, 3.63) is 83.9 Å². The minimum absolute atomic E-state index is 0.0466. The second-order valence-corrected chi connectivity index (χ2v) is 12.1. The lowest BCUT2D eigenvalue weighted by atomic mass is 10.0. The molecule has 0 radical (unpaired) electrons. The first kappa shape index (κ1) is 33.3. The zero-order chi connectivity index (χ0) is 31.6. The zero-order valence-corrected chi connectivity index (χ0v) is 26.4. The maximum Gasteiger partial charge on any atom is 0.244 e. The van der Waals surface area contributed by atoms with Crippen LogP contribution >= 0.6 is 0 Å². The summed E-state index contributed by atoms with van der Waals surface area (Å²) in [6.45, 7) is 3.36. The van der Waals surface area contributed by atoms with Crippen LogP contribution in [-0.2, 0) is 32.6 Å². The zero-order valence-electron chi connectivity index (χ0n) is 25.6. The highest BCUT2D eigenvalue weighted by Crippen LogP contribution is 2.32. The molecule has 2 atom stereocenters. The lowest BCUT2D eigenvalue weighted by Gasteiger charge is -2.34. The van der Waals surface area contributed by atoms with Crippen molar-refractivity contribution in [2.75, 3.05) is 38.4 Å². The number of carbonyl (C=O) groups is 2. The number of rotatable bonds is 15. The van der Waals surface area contributed by atoms with Crippen molar-refractivity contribution >= 4 is 27.5 Å². The molecule has 0 aromatic heterocycles. The molecule has 0 aliphatic rings. The van der Waals surface area contributed by atoms with Crippen LogP contribution in [0.2, 0.25) is 0 Å². The van der Waals surface area contributed by atoms with E-state index in [9.17, 15) is 18.0 Å². The van der Waals surface area contributed by atoms with E-state index in [4.69, 9.17) is 14.2 Å². The summed E-state index contributed by atoms with van der Waals surface area (Å²) in [6, 6.07) is 20.2. The van der Waals surface area contributed by atoms with Crippen molar-refractivity contribution in [1.82, 2.24) is 10.2 Å². The van der Waals surface area contributed by atoms with E-state index in [0.29, 0.717) is 23.7 Å². The first-order chi connectivity index (χ1) is 20.5. The number of carbonyl (C=O) groups excluding carboxylic acids is 2. The molecule has 2 amide bonds. The minimum Gasteiger partial charge on any atom is -0.497 e. The highest BCUT2D eigenvalue weighted by molar-refractivity contribution is 7.92. The summed E-state index contributed by atoms with van der Waals surface area (Å²) in [5.41, 5.74) is 1.80. The summed E-state index contributed by atoms with van der Waals surface area (Å²) in [7, 11) is 0.532. The van der Waals surface area contributed by atoms with Gasteiger partial charge in [0, 0.05) is 25.1 Å². The van der Waals surface area contributed by atoms with E-state index in [0.717, 1.165) is 21.7 Å². The molecule has 0 fully saturated rings. The molecule has 0 bridgehead atoms. The topological polar surface area (TPSA) is 114 Å². The number of methoxy groups -OCH3 is 3. The second-order valence-electron chi connectivity index (χ2n) is 10.2. The van der Waals surface area contributed by atoms with Crippen LogP contribution in [0.5, 0.6) is 17.2 Å². The summed E-state index contributed by atoms with van der Waals surface area (Å²) in [4.78, 5) is 29.5. The Labute approximate surface area is 254 Å². The number of nitrogens with zero attached hydrogens (tertiary/aromatic N) is 2. The minimum atomic E-state index is -3.93. The molecule has 3 aromatic carbocycles. The average molecular weight is 612 g/mol. The number of hydrogen-bond acceptors (Lipinski definition) is 7. The van der Waals surface area contributed by atoms with E-state index in [2.05, 4.69) is 5.32 Å². The van der Waals surface area contributed by atoms with Crippen molar-refractivity contribution in [1.29, 1.82) is 0 Å². The van der Waals surface area contributed by atoms with E-state index < -0.39 is 28.5 Å². The van der Waals surface area contributed by atoms with Crippen molar-refractivity contribution in [2.45, 2.75) is 45.3 Å². The Morgan fingerprint density at radius 3 is 2.14 bits per heavy atom. The molecule has 0 aliphatic carbocycles. The van der Waals surface area contributed by atoms with Gasteiger partial charge in [0.25, 0.3) is 0 Å². The van der Waals surface area contributed by atoms with Crippen LogP contribution in [0, 0.1) is 0 Å². The first-order valence-corrected chi connectivity index (χ1v) is 15.8. The normalized spacial score (nSPS) is 12.5. The molecular formula is C32H41N3O7S. The number of nitrogens with one attached hydrogen (secondary N) is 1. The molecule has 1 N–H and O–H groups in total. The quantitative estimate of drug-likeness (QED) is 0.276. The predicted molar refractivity (Wildman–Crippen MR) is 167 cm³/mol. The number of sulfonamides is 1. The lowest BCUT2D eigenvalue weighted by molar-refractivity contribution is -0.140. The molecule has 11 heteroatoms. The van der Waals surface area contributed by atoms with E-state index in [1.54, 1.807) is 37.4 Å². The number of anilines is 1. The molecule has 232 valence electrons. The van der Waals surface area contributed by atoms with Gasteiger partial charge in [-0.15, -0.1) is 0 Å². The van der Waals surface area contributed by atoms with Crippen LogP contribution < -0.4 is 23.8 Å². The summed E-state index contributed by atoms with van der Waals surface area (Å²) in [5.74, 6) is 0.436. The van der Waals surface area contributed by atoms with Crippen molar-refractivity contribution in [2.24, 2.45) is 0 Å². The van der Waals surface area contributed by atoms with E-state index in [1.807, 2.05) is 50.2 Å². The van der Waals surface area contributed by atoms with Gasteiger partial charge in [0.05, 0.1) is 33.3 Å². The standard InChI is InChI=1S/C32H41N3O7S/c1-7-23(2)33-32(37)28(19-24-12-9-8-10-13-24)34(21-25-14-11-15-27(18-25)40-3)31(36)22-35(43(6,38)39)26-16-17-29(41-4)30(20-26)42-5/h8-18,20,23,28H,7,19,21-22H2,1-6H3,(H,33,37)/t23-,28-/m1/s1. The Bertz CT molecular complexity index is 1480. The molecule has 3 rings (SSSR count). The molecule has 3 aromatic rings. The summed E-state index contributed by atoms with van der Waals surface area (Å²) < 4.78 is 43.2. The van der Waals surface area contributed by atoms with Crippen molar-refractivity contribution < 1.29 is 32.2 Å². The van der Waals surface area contributed by atoms with E-state index in [-0.39, 0.29) is 30.6 Å². The number of hydrogen-bond donors (Lipinski definition) is 1. The molecule has 0 saturated heterocycles. The molecule has 0 saturated carbocycles. The largest absolute Gasteiger partial charge is 0.497 e. The van der Waals surface area contributed by atoms with Gasteiger partial charge in [-0.2, -0.15) is 0 Å². The summed E-state index contributed by atoms with van der Waals surface area (Å²) in [6.07, 6.45) is 1.96. The van der Waals surface area contributed by atoms with Crippen LogP contribution in [0.4, 0.5) is 5.69 Å². The summed E-state index contributed by atoms with van der Waals surface area (Å²) in [5, 5.41) is 3.02. The highest BCUT2D eigenvalue weighted by Gasteiger charge is 2.33. The van der Waals surface area contributed by atoms with Crippen molar-refractivity contribution in [3.8, 4) is 17.2 Å². The van der Waals surface area contributed by atoms with Crippen LogP contribution in [0.15, 0.2) is 72.8 Å². The summed E-state index contributed by atoms with van der Waals surface area (Å²) >= 11 is 0. The fourth-order valence-corrected chi connectivity index (χ4v) is 5.40. The molecule has 0 unspecified atom stereocenters. The first-order valence-electron chi connectivity index (χ1n) is 14.0. The third-order valence-corrected chi connectivity index (χ3v) is 8.23. The second kappa shape index (κ2) is 15.3. The van der Waals surface area contributed by atoms with Gasteiger partial charge in [-0.25, -0.2) is 8.42 Å². The van der Waals surface area contributed by atoms with Gasteiger partial charge in [0.2, 0.25) is 21.8 Å². The third kappa shape index (κ3) is 9.12. The fourth-order valence-electron chi connectivity index (χ4n) is 4.56. The lowest BCUT2D eigenvalue weighted by Crippen LogP contribution is -2.54. The van der Waals surface area contributed by atoms with Crippen LogP contribution in [0.25, 0.3) is 0 Å². The fraction of sp³-hybridized carbons (Fsp3) is 0.375. The number of benzene rings is 3. The van der Waals surface area contributed by atoms with Crippen LogP contribution in [0.3, 0.4) is 0 Å². The van der Waals surface area contributed by atoms with Gasteiger partial charge >= 0.3 is 0 Å². The smallest absolute Gasteiger partial charge is 0.244 e. The van der Waals surface area contributed by atoms with Gasteiger partial charge in [0.15, 0.2) is 11.5 Å². The van der Waals surface area contributed by atoms with E-state index in [1.165, 1.54) is 25.2 Å². The Hall–Kier alpha value is -4.25. The molecular weight excluding hydrogens is 570 g/mol. The van der Waals surface area contributed by atoms with Crippen molar-refractivity contribution in [3.63, 3.8) is 0 Å². The highest BCUT2D eigenvalue weighted by atomic mass is 32.2. The molecule has 43 heavy (non-hydrogen) atoms. The Morgan fingerprint density at radius 2 is 1.53 bits per heavy atom. The Balaban J connectivity index is 2.10. The molecule has 0 spiro atoms. The molecule has 0 aliphatic heterocycles. The van der Waals surface area contributed by atoms with E-state index >= 15 is 0 Å². The Morgan fingerprint density at radius 1 is 0.860 bits per heavy atom. The van der Waals surface area contributed by atoms with Gasteiger partial charge in [-0.3, -0.25) is 13.9 Å². The molecule has 0 heterocycles. The van der Waals surface area contributed by atoms with Gasteiger partial charge in [-0.1, -0.05) is 49.4 Å². The Kier molecular flexibility index (Phi) is 11.8. The average Bonchev–Trinajstić information content (AvgIpc) is 3.00. The monoisotopic (exact) mass is 611 g/mol. The maximum atomic E-state index is 14.3. The number of amides is 2. The van der Waals surface area contributed by atoms with Crippen LogP contribution in [-0.4, -0.2) is 71.3 Å². The van der Waals surface area contributed by atoms with Gasteiger partial charge in [0.1, 0.15) is 18.3 Å². The number of ether oxygens (including phenoxy) is 3. The van der Waals surface area contributed by atoms with Gasteiger partial charge < -0.3 is 24.4 Å². The predicted octanol–water partition coefficient (Wildman–Crippen LogP) is 4.03.